The molecule has 28 nitrogen and oxygen atoms in total. The third-order valence-corrected chi connectivity index (χ3v) is 22.8. The molecular formula is C101H73F2N21O7. The number of H-pyrrole nitrogens is 1. The minimum absolute atomic E-state index is 0.0215. The van der Waals surface area contributed by atoms with E-state index in [9.17, 15) is 32.8 Å². The molecule has 0 aliphatic carbocycles. The number of benzene rings is 8. The van der Waals surface area contributed by atoms with Crippen molar-refractivity contribution in [3.05, 3.63) is 369 Å². The van der Waals surface area contributed by atoms with E-state index in [2.05, 4.69) is 89.4 Å². The van der Waals surface area contributed by atoms with Crippen LogP contribution >= 0.6 is 0 Å². The second-order valence-corrected chi connectivity index (χ2v) is 30.8. The summed E-state index contributed by atoms with van der Waals surface area (Å²) < 4.78 is 48.0. The summed E-state index contributed by atoms with van der Waals surface area (Å²) in [7, 11) is 10.0. The number of pyridine rings is 11. The number of nitrogens with two attached hydrogens (primary N) is 2. The fourth-order valence-electron chi connectivity index (χ4n) is 16.2. The summed E-state index contributed by atoms with van der Waals surface area (Å²) in [6.45, 7) is 0. The van der Waals surface area contributed by atoms with Crippen LogP contribution in [0.15, 0.2) is 329 Å². The van der Waals surface area contributed by atoms with E-state index in [0.29, 0.717) is 27.9 Å². The number of aromatic nitrogens is 19. The van der Waals surface area contributed by atoms with Crippen molar-refractivity contribution in [2.45, 2.75) is 0 Å². The van der Waals surface area contributed by atoms with Crippen LogP contribution in [-0.4, -0.2) is 107 Å². The van der Waals surface area contributed by atoms with Crippen LogP contribution in [0.2, 0.25) is 0 Å². The fourth-order valence-corrected chi connectivity index (χ4v) is 16.2. The van der Waals surface area contributed by atoms with Gasteiger partial charge in [-0.15, -0.1) is 0 Å². The maximum atomic E-state index is 14.0. The van der Waals surface area contributed by atoms with Crippen LogP contribution in [0, 0.1) is 11.6 Å². The van der Waals surface area contributed by atoms with Gasteiger partial charge < -0.3 is 34.6 Å². The Bertz CT molecular complexity index is 8850. The van der Waals surface area contributed by atoms with Crippen LogP contribution in [-0.2, 0) is 28.2 Å². The van der Waals surface area contributed by atoms with Crippen LogP contribution in [0.1, 0.15) is 0 Å². The highest BCUT2D eigenvalue weighted by molar-refractivity contribution is 6.10. The quantitative estimate of drug-likeness (QED) is 0.113. The summed E-state index contributed by atoms with van der Waals surface area (Å²) in [6.07, 6.45) is 24.7. The Labute approximate surface area is 739 Å². The molecule has 638 valence electrons. The Balaban J connectivity index is 0.000000106. The van der Waals surface area contributed by atoms with E-state index in [0.717, 1.165) is 159 Å². The van der Waals surface area contributed by atoms with Gasteiger partial charge in [0.1, 0.15) is 0 Å². The molecule has 0 radical (unpaired) electrons. The first kappa shape index (κ1) is 82.5. The molecule has 131 heavy (non-hydrogen) atoms. The molecular weight excluding hydrogens is 1660 g/mol. The van der Waals surface area contributed by atoms with E-state index in [-0.39, 0.29) is 51.2 Å². The van der Waals surface area contributed by atoms with Crippen LogP contribution in [0.3, 0.4) is 0 Å². The highest BCUT2D eigenvalue weighted by Gasteiger charge is 2.20. The molecule has 0 fully saturated rings. The molecule has 0 saturated heterocycles. The molecule has 8 aromatic carbocycles. The van der Waals surface area contributed by atoms with Gasteiger partial charge in [-0.1, -0.05) is 48.5 Å². The monoisotopic (exact) mass is 1730 g/mol. The van der Waals surface area contributed by atoms with Gasteiger partial charge in [-0.2, -0.15) is 10.2 Å². The molecule has 0 aliphatic heterocycles. The highest BCUT2D eigenvalue weighted by Crippen LogP contribution is 2.37. The molecule has 23 aromatic rings. The van der Waals surface area contributed by atoms with Crippen LogP contribution in [0.25, 0.3) is 187 Å². The van der Waals surface area contributed by atoms with Crippen molar-refractivity contribution in [1.82, 2.24) is 92.7 Å². The summed E-state index contributed by atoms with van der Waals surface area (Å²) in [4.78, 5) is 105. The van der Waals surface area contributed by atoms with Gasteiger partial charge in [0, 0.05) is 232 Å². The number of hydrogen-bond donors (Lipinski definition) is 3. The zero-order valence-electron chi connectivity index (χ0n) is 70.7. The number of halogens is 2. The largest absolute Gasteiger partial charge is 0.494 e. The molecule has 30 heteroatoms. The maximum absolute atomic E-state index is 14.0. The number of methoxy groups -OCH3 is 2. The predicted octanol–water partition coefficient (Wildman–Crippen LogP) is 16.7. The number of hydrogen-bond acceptors (Lipinski definition) is 21. The Morgan fingerprint density at radius 2 is 0.641 bits per heavy atom. The molecule has 5 N–H and O–H groups in total. The van der Waals surface area contributed by atoms with Crippen molar-refractivity contribution in [3.8, 4) is 78.5 Å². The first-order chi connectivity index (χ1) is 63.7. The SMILES string of the molecule is COc1cc(-n2c(=O)ccc3cnc4ccc(-c5cn[nH]c5)cc4c32)ccc1F.COc1cc(-n2c(=O)ccc3cnc4ccc(-c5cnc(N)nc5)cc4c32)ccc1F.Cn1c(=O)ccc2cnc3ccc(-c4cnc(N)nc4)cc3c21.Cn1c(=O)ccc2cnc3ccc(-c4cnc5ccccc5c4)cc3c21.Cn1cc(-c2ccc3ncc4ccc(=O)n(C)c4c3c2)cn1. The zero-order valence-corrected chi connectivity index (χ0v) is 70.7. The van der Waals surface area contributed by atoms with E-state index >= 15 is 0 Å². The number of nitrogens with zero attached hydrogens (tertiary/aromatic N) is 18. The number of ether oxygens (including phenoxy) is 2. The van der Waals surface area contributed by atoms with Gasteiger partial charge in [-0.05, 0) is 155 Å². The summed E-state index contributed by atoms with van der Waals surface area (Å²) in [5.41, 5.74) is 30.1. The number of anilines is 2. The molecule has 15 aromatic heterocycles. The van der Waals surface area contributed by atoms with Crippen molar-refractivity contribution >= 4 is 132 Å². The van der Waals surface area contributed by atoms with E-state index in [1.807, 2.05) is 141 Å². The number of nitrogen functional groups attached to an aromatic ring is 2. The summed E-state index contributed by atoms with van der Waals surface area (Å²) in [6, 6.07) is 65.1. The third kappa shape index (κ3) is 16.0. The van der Waals surface area contributed by atoms with Gasteiger partial charge in [-0.3, -0.25) is 72.8 Å². The Morgan fingerprint density at radius 3 is 1.02 bits per heavy atom. The second-order valence-electron chi connectivity index (χ2n) is 30.8. The second kappa shape index (κ2) is 34.4. The summed E-state index contributed by atoms with van der Waals surface area (Å²) in [5, 5.41) is 20.9. The van der Waals surface area contributed by atoms with Crippen molar-refractivity contribution in [2.24, 2.45) is 28.2 Å². The van der Waals surface area contributed by atoms with Gasteiger partial charge in [0.25, 0.3) is 27.8 Å². The minimum atomic E-state index is -0.503. The lowest BCUT2D eigenvalue weighted by Crippen LogP contribution is -2.18. The molecule has 0 amide bonds. The molecule has 15 heterocycles. The van der Waals surface area contributed by atoms with Gasteiger partial charge in [0.2, 0.25) is 11.9 Å². The minimum Gasteiger partial charge on any atom is -0.494 e. The van der Waals surface area contributed by atoms with E-state index in [1.165, 1.54) is 55.2 Å². The number of rotatable bonds is 9. The zero-order chi connectivity index (χ0) is 90.4. The van der Waals surface area contributed by atoms with Crippen molar-refractivity contribution < 1.29 is 18.3 Å². The number of fused-ring (bicyclic) bond motifs is 16. The topological polar surface area (TPSA) is 356 Å². The number of para-hydroxylation sites is 1. The van der Waals surface area contributed by atoms with E-state index in [4.69, 9.17) is 20.9 Å². The third-order valence-electron chi connectivity index (χ3n) is 22.8. The standard InChI is InChI=1S/C23H16FN5O2.C22H15FN4O2.C22H15N3O.C17H13N5O.C17H14N4O/c1-31-20-9-16(4-5-18(20)24)29-21(30)7-3-14-10-26-19-6-2-13(8-17(19)22(14)29)15-11-27-23(25)28-12-15;1-29-20-9-16(4-5-18(20)23)27-21(28)7-3-14-10-24-19-6-2-13(8-17(19)22(14)27)15-11-25-26-12-15;1-25-21(26)9-7-16-12-24-20-8-6-14(11-18(20)22(16)25)17-10-15-4-2-3-5-19(15)23-13-17;1-22-15(23)5-3-11-7-19-14-4-2-10(6-13(14)16(11)22)12-8-20-17(18)21-9-12;1-20-10-13(9-19-20)11-3-5-15-14(7-11)17-12(8-18-15)4-6-16(22)21(17)2/h2-12H,1H3,(H2,25,27,28);2-12H,1H3,(H,25,26);2-13H,1H3;2-9H,1H3,(H2,18,20,21);3-10H,1-2H3. The van der Waals surface area contributed by atoms with Gasteiger partial charge >= 0.3 is 0 Å². The number of aryl methyl sites for hydroxylation is 4. The van der Waals surface area contributed by atoms with Crippen LogP contribution in [0.5, 0.6) is 11.5 Å². The molecule has 0 saturated carbocycles. The van der Waals surface area contributed by atoms with Gasteiger partial charge in [0.15, 0.2) is 23.1 Å². The molecule has 0 aliphatic rings. The van der Waals surface area contributed by atoms with Crippen LogP contribution < -0.4 is 48.7 Å². The summed E-state index contributed by atoms with van der Waals surface area (Å²) in [5.74, 6) is -0.432. The van der Waals surface area contributed by atoms with Crippen molar-refractivity contribution in [2.75, 3.05) is 25.7 Å². The number of aromatic amines is 1. The maximum Gasteiger partial charge on any atom is 0.255 e. The smallest absolute Gasteiger partial charge is 0.255 e. The molecule has 0 atom stereocenters. The summed E-state index contributed by atoms with van der Waals surface area (Å²) >= 11 is 0. The Kier molecular flexibility index (Phi) is 21.7. The van der Waals surface area contributed by atoms with Crippen LogP contribution in [0.4, 0.5) is 20.7 Å². The molecule has 23 rings (SSSR count). The van der Waals surface area contributed by atoms with E-state index < -0.39 is 11.6 Å². The first-order valence-electron chi connectivity index (χ1n) is 40.9. The van der Waals surface area contributed by atoms with Crippen molar-refractivity contribution in [3.63, 3.8) is 0 Å². The lowest BCUT2D eigenvalue weighted by molar-refractivity contribution is 0.386. The Hall–Kier alpha value is -18.1. The lowest BCUT2D eigenvalue weighted by atomic mass is 10.0. The van der Waals surface area contributed by atoms with Gasteiger partial charge in [-0.25, -0.2) is 28.7 Å². The normalized spacial score (nSPS) is 11.3. The average Bonchev–Trinajstić information content (AvgIpc) is 1.56. The molecule has 0 bridgehead atoms. The molecule has 0 unspecified atom stereocenters. The van der Waals surface area contributed by atoms with Gasteiger partial charge in [0.05, 0.1) is 98.7 Å². The predicted molar refractivity (Wildman–Crippen MR) is 508 cm³/mol. The average molecular weight is 1730 g/mol. The van der Waals surface area contributed by atoms with Crippen molar-refractivity contribution in [1.29, 1.82) is 0 Å². The Morgan fingerprint density at radius 1 is 0.298 bits per heavy atom. The lowest BCUT2D eigenvalue weighted by Gasteiger charge is -2.14. The fraction of sp³-hybridized carbons (Fsp3) is 0.0594. The van der Waals surface area contributed by atoms with E-state index in [1.54, 1.807) is 155 Å². The number of nitrogens with one attached hydrogen (secondary N) is 1. The molecule has 0 spiro atoms. The highest BCUT2D eigenvalue weighted by atomic mass is 19.1. The first-order valence-corrected chi connectivity index (χ1v) is 40.9.